The Morgan fingerprint density at radius 1 is 1.41 bits per heavy atom. The lowest BCUT2D eigenvalue weighted by molar-refractivity contribution is -0.128. The molecule has 2 heterocycles. The van der Waals surface area contributed by atoms with Gasteiger partial charge < -0.3 is 9.64 Å². The van der Waals surface area contributed by atoms with Crippen LogP contribution < -0.4 is 0 Å². The summed E-state index contributed by atoms with van der Waals surface area (Å²) in [6.45, 7) is 9.85. The zero-order chi connectivity index (χ0) is 12.3. The molecular formula is C13H22N2O2. The quantitative estimate of drug-likeness (QED) is 0.670. The van der Waals surface area contributed by atoms with E-state index in [0.717, 1.165) is 45.6 Å². The van der Waals surface area contributed by atoms with E-state index in [1.807, 2.05) is 11.0 Å². The summed E-state index contributed by atoms with van der Waals surface area (Å²) < 4.78 is 5.85. The van der Waals surface area contributed by atoms with Crippen molar-refractivity contribution in [3.63, 3.8) is 0 Å². The number of nitrogens with zero attached hydrogens (tertiary/aromatic N) is 2. The van der Waals surface area contributed by atoms with Crippen molar-refractivity contribution in [1.82, 2.24) is 9.80 Å². The SMILES string of the molecule is C=CCN1CCOC2CCN(C(C)=O)CCC21. The first kappa shape index (κ1) is 12.6. The highest BCUT2D eigenvalue weighted by atomic mass is 16.5. The molecule has 2 unspecified atom stereocenters. The summed E-state index contributed by atoms with van der Waals surface area (Å²) in [5.41, 5.74) is 0. The van der Waals surface area contributed by atoms with E-state index in [4.69, 9.17) is 4.74 Å². The Bertz CT molecular complexity index is 293. The van der Waals surface area contributed by atoms with E-state index in [2.05, 4.69) is 11.5 Å². The van der Waals surface area contributed by atoms with E-state index in [9.17, 15) is 4.79 Å². The van der Waals surface area contributed by atoms with Gasteiger partial charge in [0.25, 0.3) is 0 Å². The first-order chi connectivity index (χ1) is 8.22. The number of carbonyl (C=O) groups is 1. The number of amides is 1. The summed E-state index contributed by atoms with van der Waals surface area (Å²) in [5.74, 6) is 0.180. The highest BCUT2D eigenvalue weighted by Gasteiger charge is 2.34. The fourth-order valence-corrected chi connectivity index (χ4v) is 2.87. The number of rotatable bonds is 2. The number of hydrogen-bond donors (Lipinski definition) is 0. The molecule has 17 heavy (non-hydrogen) atoms. The van der Waals surface area contributed by atoms with Crippen LogP contribution in [0.15, 0.2) is 12.7 Å². The summed E-state index contributed by atoms with van der Waals surface area (Å²) >= 11 is 0. The van der Waals surface area contributed by atoms with Crippen molar-refractivity contribution in [1.29, 1.82) is 0 Å². The molecule has 2 fully saturated rings. The van der Waals surface area contributed by atoms with Gasteiger partial charge in [-0.2, -0.15) is 0 Å². The molecule has 0 radical (unpaired) electrons. The van der Waals surface area contributed by atoms with Crippen molar-refractivity contribution in [3.8, 4) is 0 Å². The van der Waals surface area contributed by atoms with Crippen molar-refractivity contribution in [2.45, 2.75) is 31.9 Å². The first-order valence-electron chi connectivity index (χ1n) is 6.44. The van der Waals surface area contributed by atoms with Gasteiger partial charge in [-0.15, -0.1) is 6.58 Å². The molecule has 0 spiro atoms. The van der Waals surface area contributed by atoms with Crippen LogP contribution in [-0.2, 0) is 9.53 Å². The Morgan fingerprint density at radius 2 is 2.18 bits per heavy atom. The molecule has 2 aliphatic rings. The van der Waals surface area contributed by atoms with E-state index in [-0.39, 0.29) is 12.0 Å². The van der Waals surface area contributed by atoms with Gasteiger partial charge in [0.05, 0.1) is 12.7 Å². The van der Waals surface area contributed by atoms with Crippen LogP contribution in [0.2, 0.25) is 0 Å². The molecule has 4 heteroatoms. The van der Waals surface area contributed by atoms with Crippen molar-refractivity contribution in [2.24, 2.45) is 0 Å². The Kier molecular flexibility index (Phi) is 4.18. The smallest absolute Gasteiger partial charge is 0.219 e. The van der Waals surface area contributed by atoms with Gasteiger partial charge in [-0.05, 0) is 12.8 Å². The van der Waals surface area contributed by atoms with Gasteiger partial charge in [0.15, 0.2) is 0 Å². The molecule has 2 atom stereocenters. The number of ether oxygens (including phenoxy) is 1. The summed E-state index contributed by atoms with van der Waals surface area (Å²) in [6, 6.07) is 0.450. The number of morpholine rings is 1. The highest BCUT2D eigenvalue weighted by molar-refractivity contribution is 5.73. The minimum atomic E-state index is 0.180. The molecule has 1 amide bonds. The summed E-state index contributed by atoms with van der Waals surface area (Å²) in [6.07, 6.45) is 4.21. The molecule has 2 aliphatic heterocycles. The molecule has 0 aliphatic carbocycles. The largest absolute Gasteiger partial charge is 0.375 e. The Balaban J connectivity index is 2.02. The van der Waals surface area contributed by atoms with Crippen molar-refractivity contribution >= 4 is 5.91 Å². The monoisotopic (exact) mass is 238 g/mol. The molecule has 96 valence electrons. The third kappa shape index (κ3) is 2.87. The molecule has 4 nitrogen and oxygen atoms in total. The average Bonchev–Trinajstić information content (AvgIpc) is 2.52. The van der Waals surface area contributed by atoms with Crippen LogP contribution in [0.4, 0.5) is 0 Å². The minimum Gasteiger partial charge on any atom is -0.375 e. The van der Waals surface area contributed by atoms with Gasteiger partial charge in [0.1, 0.15) is 0 Å². The van der Waals surface area contributed by atoms with Crippen molar-refractivity contribution < 1.29 is 9.53 Å². The third-order valence-electron chi connectivity index (χ3n) is 3.80. The first-order valence-corrected chi connectivity index (χ1v) is 6.44. The minimum absolute atomic E-state index is 0.180. The maximum absolute atomic E-state index is 11.4. The normalized spacial score (nSPS) is 30.5. The van der Waals surface area contributed by atoms with E-state index in [1.165, 1.54) is 0 Å². The molecule has 0 aromatic rings. The Hall–Kier alpha value is -0.870. The fraction of sp³-hybridized carbons (Fsp3) is 0.769. The molecule has 0 saturated carbocycles. The van der Waals surface area contributed by atoms with Crippen LogP contribution in [-0.4, -0.2) is 60.6 Å². The van der Waals surface area contributed by atoms with Gasteiger partial charge in [0.2, 0.25) is 5.91 Å². The number of likely N-dealkylation sites (tertiary alicyclic amines) is 1. The third-order valence-corrected chi connectivity index (χ3v) is 3.80. The predicted octanol–water partition coefficient (Wildman–Crippen LogP) is 0.884. The molecule has 0 bridgehead atoms. The second-order valence-electron chi connectivity index (χ2n) is 4.84. The van der Waals surface area contributed by atoms with Gasteiger partial charge in [-0.1, -0.05) is 6.08 Å². The summed E-state index contributed by atoms with van der Waals surface area (Å²) in [4.78, 5) is 15.8. The Labute approximate surface area is 103 Å². The maximum Gasteiger partial charge on any atom is 0.219 e. The van der Waals surface area contributed by atoms with Gasteiger partial charge in [0, 0.05) is 39.1 Å². The van der Waals surface area contributed by atoms with E-state index in [0.29, 0.717) is 6.04 Å². The van der Waals surface area contributed by atoms with Gasteiger partial charge in [-0.3, -0.25) is 9.69 Å². The van der Waals surface area contributed by atoms with Gasteiger partial charge in [-0.25, -0.2) is 0 Å². The van der Waals surface area contributed by atoms with Gasteiger partial charge >= 0.3 is 0 Å². The lowest BCUT2D eigenvalue weighted by Crippen LogP contribution is -2.51. The number of hydrogen-bond acceptors (Lipinski definition) is 3. The van der Waals surface area contributed by atoms with Crippen molar-refractivity contribution in [2.75, 3.05) is 32.8 Å². The molecular weight excluding hydrogens is 216 g/mol. The number of fused-ring (bicyclic) bond motifs is 1. The van der Waals surface area contributed by atoms with E-state index >= 15 is 0 Å². The maximum atomic E-state index is 11.4. The molecule has 2 saturated heterocycles. The zero-order valence-electron chi connectivity index (χ0n) is 10.6. The van der Waals surface area contributed by atoms with Crippen LogP contribution >= 0.6 is 0 Å². The lowest BCUT2D eigenvalue weighted by Gasteiger charge is -2.39. The summed E-state index contributed by atoms with van der Waals surface area (Å²) in [5, 5.41) is 0. The molecule has 0 N–H and O–H groups in total. The standard InChI is InChI=1S/C13H22N2O2/c1-3-6-15-9-10-17-13-5-8-14(11(2)16)7-4-12(13)15/h3,12-13H,1,4-10H2,2H3. The second-order valence-corrected chi connectivity index (χ2v) is 4.84. The number of carbonyl (C=O) groups excluding carboxylic acids is 1. The van der Waals surface area contributed by atoms with Crippen LogP contribution in [0.3, 0.4) is 0 Å². The van der Waals surface area contributed by atoms with E-state index in [1.54, 1.807) is 6.92 Å². The van der Waals surface area contributed by atoms with Crippen molar-refractivity contribution in [3.05, 3.63) is 12.7 Å². The topological polar surface area (TPSA) is 32.8 Å². The fourth-order valence-electron chi connectivity index (χ4n) is 2.87. The predicted molar refractivity (Wildman–Crippen MR) is 66.8 cm³/mol. The van der Waals surface area contributed by atoms with Crippen LogP contribution in [0, 0.1) is 0 Å². The molecule has 2 rings (SSSR count). The summed E-state index contributed by atoms with van der Waals surface area (Å²) in [7, 11) is 0. The van der Waals surface area contributed by atoms with Crippen LogP contribution in [0.1, 0.15) is 19.8 Å². The zero-order valence-corrected chi connectivity index (χ0v) is 10.6. The molecule has 0 aromatic carbocycles. The van der Waals surface area contributed by atoms with Crippen LogP contribution in [0.25, 0.3) is 0 Å². The Morgan fingerprint density at radius 3 is 2.88 bits per heavy atom. The molecule has 0 aromatic heterocycles. The highest BCUT2D eigenvalue weighted by Crippen LogP contribution is 2.23. The second kappa shape index (κ2) is 5.65. The van der Waals surface area contributed by atoms with Crippen LogP contribution in [0.5, 0.6) is 0 Å². The lowest BCUT2D eigenvalue weighted by atomic mass is 10.0. The average molecular weight is 238 g/mol. The van der Waals surface area contributed by atoms with E-state index < -0.39 is 0 Å².